The molecule has 0 aromatic carbocycles. The minimum Gasteiger partial charge on any atom is -0.396 e. The highest BCUT2D eigenvalue weighted by molar-refractivity contribution is 5.46. The van der Waals surface area contributed by atoms with Gasteiger partial charge in [-0.2, -0.15) is 5.10 Å². The fourth-order valence-electron chi connectivity index (χ4n) is 2.64. The monoisotopic (exact) mass is 282 g/mol. The molecule has 20 heavy (non-hydrogen) atoms. The molecular formula is C14H26N4O2. The van der Waals surface area contributed by atoms with Crippen LogP contribution in [-0.4, -0.2) is 57.7 Å². The normalized spacial score (nSPS) is 25.9. The van der Waals surface area contributed by atoms with Crippen molar-refractivity contribution < 1.29 is 9.84 Å². The van der Waals surface area contributed by atoms with Crippen LogP contribution >= 0.6 is 0 Å². The van der Waals surface area contributed by atoms with E-state index in [9.17, 15) is 5.11 Å². The van der Waals surface area contributed by atoms with Crippen LogP contribution in [0.3, 0.4) is 0 Å². The molecule has 0 aliphatic carbocycles. The maximum absolute atomic E-state index is 10.3. The van der Waals surface area contributed by atoms with Gasteiger partial charge < -0.3 is 15.6 Å². The molecule has 1 aliphatic rings. The van der Waals surface area contributed by atoms with E-state index in [0.29, 0.717) is 24.8 Å². The van der Waals surface area contributed by atoms with Crippen LogP contribution < -0.4 is 5.73 Å². The van der Waals surface area contributed by atoms with E-state index < -0.39 is 6.10 Å². The Kier molecular flexibility index (Phi) is 4.67. The number of aryl methyl sites for hydroxylation is 1. The van der Waals surface area contributed by atoms with Crippen molar-refractivity contribution in [2.24, 2.45) is 0 Å². The second-order valence-corrected chi connectivity index (χ2v) is 5.87. The SMILES string of the molecule is Cc1nn(CC(O)CN2CC(C)OCC2C)c(C)c1N. The fourth-order valence-corrected chi connectivity index (χ4v) is 2.64. The lowest BCUT2D eigenvalue weighted by molar-refractivity contribution is -0.0631. The van der Waals surface area contributed by atoms with E-state index in [1.807, 2.05) is 13.8 Å². The highest BCUT2D eigenvalue weighted by Gasteiger charge is 2.25. The molecule has 0 bridgehead atoms. The Bertz CT molecular complexity index is 460. The minimum absolute atomic E-state index is 0.225. The molecule has 6 nitrogen and oxygen atoms in total. The number of aliphatic hydroxyl groups is 1. The molecule has 0 amide bonds. The molecule has 1 aromatic rings. The molecular weight excluding hydrogens is 256 g/mol. The minimum atomic E-state index is -0.458. The predicted molar refractivity (Wildman–Crippen MR) is 78.6 cm³/mol. The molecule has 2 heterocycles. The van der Waals surface area contributed by atoms with Crippen LogP contribution in [0.4, 0.5) is 5.69 Å². The van der Waals surface area contributed by atoms with Crippen molar-refractivity contribution in [3.63, 3.8) is 0 Å². The van der Waals surface area contributed by atoms with Gasteiger partial charge in [-0.25, -0.2) is 0 Å². The molecule has 114 valence electrons. The number of hydrogen-bond donors (Lipinski definition) is 2. The van der Waals surface area contributed by atoms with Gasteiger partial charge in [-0.3, -0.25) is 9.58 Å². The number of nitrogens with zero attached hydrogens (tertiary/aromatic N) is 3. The first kappa shape index (κ1) is 15.3. The average molecular weight is 282 g/mol. The molecule has 1 fully saturated rings. The van der Waals surface area contributed by atoms with Gasteiger partial charge in [0, 0.05) is 19.1 Å². The smallest absolute Gasteiger partial charge is 0.0862 e. The number of ether oxygens (including phenoxy) is 1. The first-order chi connectivity index (χ1) is 9.38. The second kappa shape index (κ2) is 6.11. The zero-order chi connectivity index (χ0) is 14.9. The number of rotatable bonds is 4. The average Bonchev–Trinajstić information content (AvgIpc) is 2.61. The molecule has 3 N–H and O–H groups in total. The van der Waals surface area contributed by atoms with Crippen molar-refractivity contribution in [3.8, 4) is 0 Å². The number of nitrogen functional groups attached to an aromatic ring is 1. The van der Waals surface area contributed by atoms with Crippen molar-refractivity contribution in [3.05, 3.63) is 11.4 Å². The largest absolute Gasteiger partial charge is 0.396 e. The zero-order valence-corrected chi connectivity index (χ0v) is 12.8. The topological polar surface area (TPSA) is 76.5 Å². The summed E-state index contributed by atoms with van der Waals surface area (Å²) in [7, 11) is 0. The van der Waals surface area contributed by atoms with Gasteiger partial charge in [0.15, 0.2) is 0 Å². The number of morpholine rings is 1. The van der Waals surface area contributed by atoms with E-state index in [-0.39, 0.29) is 6.10 Å². The standard InChI is InChI=1S/C14H26N4O2/c1-9-8-20-10(2)5-17(9)6-13(19)7-18-12(4)14(15)11(3)16-18/h9-10,13,19H,5-8,15H2,1-4H3. The van der Waals surface area contributed by atoms with Crippen LogP contribution in [0.1, 0.15) is 25.2 Å². The molecule has 0 radical (unpaired) electrons. The molecule has 3 unspecified atom stereocenters. The van der Waals surface area contributed by atoms with E-state index in [0.717, 1.165) is 24.5 Å². The molecule has 1 aromatic heterocycles. The summed E-state index contributed by atoms with van der Waals surface area (Å²) in [6, 6.07) is 0.339. The number of nitrogens with two attached hydrogens (primary N) is 1. The second-order valence-electron chi connectivity index (χ2n) is 5.87. The lowest BCUT2D eigenvalue weighted by atomic mass is 10.2. The quantitative estimate of drug-likeness (QED) is 0.843. The Hall–Kier alpha value is -1.11. The van der Waals surface area contributed by atoms with Crippen LogP contribution in [0.15, 0.2) is 0 Å². The van der Waals surface area contributed by atoms with E-state index in [1.165, 1.54) is 0 Å². The summed E-state index contributed by atoms with van der Waals surface area (Å²) in [5.74, 6) is 0. The summed E-state index contributed by atoms with van der Waals surface area (Å²) in [5.41, 5.74) is 8.37. The van der Waals surface area contributed by atoms with Crippen LogP contribution in [-0.2, 0) is 11.3 Å². The molecule has 0 spiro atoms. The Balaban J connectivity index is 1.94. The van der Waals surface area contributed by atoms with E-state index in [2.05, 4.69) is 23.8 Å². The van der Waals surface area contributed by atoms with E-state index in [4.69, 9.17) is 10.5 Å². The van der Waals surface area contributed by atoms with Gasteiger partial charge in [0.1, 0.15) is 0 Å². The van der Waals surface area contributed by atoms with Crippen LogP contribution in [0.25, 0.3) is 0 Å². The van der Waals surface area contributed by atoms with Gasteiger partial charge >= 0.3 is 0 Å². The highest BCUT2D eigenvalue weighted by atomic mass is 16.5. The lowest BCUT2D eigenvalue weighted by Crippen LogP contribution is -2.50. The zero-order valence-electron chi connectivity index (χ0n) is 12.8. The van der Waals surface area contributed by atoms with Gasteiger partial charge in [0.2, 0.25) is 0 Å². The predicted octanol–water partition coefficient (Wildman–Crippen LogP) is 0.552. The van der Waals surface area contributed by atoms with Crippen molar-refractivity contribution in [1.82, 2.24) is 14.7 Å². The molecule has 1 aliphatic heterocycles. The van der Waals surface area contributed by atoms with Gasteiger partial charge in [0.05, 0.1) is 42.4 Å². The van der Waals surface area contributed by atoms with E-state index >= 15 is 0 Å². The van der Waals surface area contributed by atoms with Gasteiger partial charge in [0.25, 0.3) is 0 Å². The summed E-state index contributed by atoms with van der Waals surface area (Å²) in [6.45, 7) is 10.7. The first-order valence-corrected chi connectivity index (χ1v) is 7.21. The van der Waals surface area contributed by atoms with E-state index in [1.54, 1.807) is 4.68 Å². The van der Waals surface area contributed by atoms with Crippen molar-refractivity contribution in [2.45, 2.75) is 52.5 Å². The molecule has 6 heteroatoms. The Labute approximate surface area is 120 Å². The Morgan fingerprint density at radius 1 is 1.40 bits per heavy atom. The number of anilines is 1. The number of β-amino-alcohol motifs (C(OH)–C–C–N with tert-alkyl or cyclic N) is 1. The van der Waals surface area contributed by atoms with Crippen LogP contribution in [0.5, 0.6) is 0 Å². The summed E-state index contributed by atoms with van der Waals surface area (Å²) in [5, 5.41) is 14.7. The lowest BCUT2D eigenvalue weighted by Gasteiger charge is -2.37. The third kappa shape index (κ3) is 3.31. The summed E-state index contributed by atoms with van der Waals surface area (Å²) < 4.78 is 7.40. The Morgan fingerprint density at radius 3 is 2.70 bits per heavy atom. The summed E-state index contributed by atoms with van der Waals surface area (Å²) >= 11 is 0. The van der Waals surface area contributed by atoms with Crippen molar-refractivity contribution >= 4 is 5.69 Å². The van der Waals surface area contributed by atoms with Crippen molar-refractivity contribution in [2.75, 3.05) is 25.4 Å². The van der Waals surface area contributed by atoms with Gasteiger partial charge in [-0.15, -0.1) is 0 Å². The molecule has 1 saturated heterocycles. The van der Waals surface area contributed by atoms with Crippen LogP contribution in [0, 0.1) is 13.8 Å². The maximum atomic E-state index is 10.3. The first-order valence-electron chi connectivity index (χ1n) is 7.21. The molecule has 0 saturated carbocycles. The van der Waals surface area contributed by atoms with Gasteiger partial charge in [-0.05, 0) is 27.7 Å². The number of aromatic nitrogens is 2. The third-order valence-corrected chi connectivity index (χ3v) is 4.00. The fraction of sp³-hybridized carbons (Fsp3) is 0.786. The number of hydrogen-bond acceptors (Lipinski definition) is 5. The number of aliphatic hydroxyl groups excluding tert-OH is 1. The summed E-state index contributed by atoms with van der Waals surface area (Å²) in [6.07, 6.45) is -0.233. The molecule has 2 rings (SSSR count). The highest BCUT2D eigenvalue weighted by Crippen LogP contribution is 2.16. The van der Waals surface area contributed by atoms with Crippen molar-refractivity contribution in [1.29, 1.82) is 0 Å². The Morgan fingerprint density at radius 2 is 2.10 bits per heavy atom. The maximum Gasteiger partial charge on any atom is 0.0862 e. The van der Waals surface area contributed by atoms with Gasteiger partial charge in [-0.1, -0.05) is 0 Å². The summed E-state index contributed by atoms with van der Waals surface area (Å²) in [4.78, 5) is 2.27. The van der Waals surface area contributed by atoms with Crippen LogP contribution in [0.2, 0.25) is 0 Å². The molecule has 3 atom stereocenters. The third-order valence-electron chi connectivity index (χ3n) is 4.00.